The van der Waals surface area contributed by atoms with Gasteiger partial charge in [0.25, 0.3) is 0 Å². The molecule has 5 nitrogen and oxygen atoms in total. The van der Waals surface area contributed by atoms with E-state index in [0.29, 0.717) is 10.2 Å². The summed E-state index contributed by atoms with van der Waals surface area (Å²) in [5.74, 6) is -1.00. The minimum Gasteiger partial charge on any atom is -0.478 e. The zero-order valence-corrected chi connectivity index (χ0v) is 11.6. The first-order valence-corrected chi connectivity index (χ1v) is 6.85. The minimum atomic E-state index is -1.00. The molecule has 7 heteroatoms. The van der Waals surface area contributed by atoms with Gasteiger partial charge in [0.05, 0.1) is 10.6 Å². The van der Waals surface area contributed by atoms with Crippen LogP contribution in [0.4, 0.5) is 0 Å². The Morgan fingerprint density at radius 1 is 1.25 bits per heavy atom. The number of carboxylic acids is 1. The van der Waals surface area contributed by atoms with E-state index in [2.05, 4.69) is 10.2 Å². The number of fused-ring (bicyclic) bond motifs is 1. The summed E-state index contributed by atoms with van der Waals surface area (Å²) in [4.78, 5) is 11.6. The zero-order valence-electron chi connectivity index (χ0n) is 10.0. The fourth-order valence-corrected chi connectivity index (χ4v) is 2.82. The predicted octanol–water partition coefficient (Wildman–Crippen LogP) is 3.23. The van der Waals surface area contributed by atoms with Crippen LogP contribution in [0.3, 0.4) is 0 Å². The van der Waals surface area contributed by atoms with Gasteiger partial charge in [0.15, 0.2) is 10.8 Å². The van der Waals surface area contributed by atoms with E-state index in [1.807, 2.05) is 28.8 Å². The Hall–Kier alpha value is -2.05. The highest BCUT2D eigenvalue weighted by Crippen LogP contribution is 2.32. The Bertz CT molecular complexity index is 803. The fourth-order valence-electron chi connectivity index (χ4n) is 1.70. The largest absolute Gasteiger partial charge is 0.478 e. The monoisotopic (exact) mass is 305 g/mol. The highest BCUT2D eigenvalue weighted by molar-refractivity contribution is 7.99. The summed E-state index contributed by atoms with van der Waals surface area (Å²) in [6.07, 6.45) is 1.86. The van der Waals surface area contributed by atoms with Crippen molar-refractivity contribution in [1.82, 2.24) is 14.6 Å². The Kier molecular flexibility index (Phi) is 3.33. The SMILES string of the molecule is O=C(O)c1ccc(Sc2nnc3ccccn23)c(Cl)c1. The van der Waals surface area contributed by atoms with Crippen LogP contribution >= 0.6 is 23.4 Å². The molecule has 2 aromatic heterocycles. The quantitative estimate of drug-likeness (QED) is 0.804. The molecule has 2 heterocycles. The highest BCUT2D eigenvalue weighted by atomic mass is 35.5. The van der Waals surface area contributed by atoms with E-state index in [4.69, 9.17) is 16.7 Å². The van der Waals surface area contributed by atoms with Gasteiger partial charge in [-0.1, -0.05) is 17.7 Å². The maximum absolute atomic E-state index is 10.9. The van der Waals surface area contributed by atoms with Crippen LogP contribution in [0.1, 0.15) is 10.4 Å². The molecule has 3 aromatic rings. The Morgan fingerprint density at radius 3 is 2.85 bits per heavy atom. The number of benzene rings is 1. The summed E-state index contributed by atoms with van der Waals surface area (Å²) >= 11 is 7.44. The second-order valence-electron chi connectivity index (χ2n) is 3.96. The lowest BCUT2D eigenvalue weighted by molar-refractivity contribution is 0.0697. The maximum Gasteiger partial charge on any atom is 0.335 e. The molecule has 0 amide bonds. The zero-order chi connectivity index (χ0) is 14.1. The van der Waals surface area contributed by atoms with Crippen molar-refractivity contribution in [1.29, 1.82) is 0 Å². The van der Waals surface area contributed by atoms with E-state index in [1.165, 1.54) is 23.9 Å². The number of aromatic carboxylic acids is 1. The lowest BCUT2D eigenvalue weighted by atomic mass is 10.2. The molecule has 100 valence electrons. The van der Waals surface area contributed by atoms with E-state index >= 15 is 0 Å². The second-order valence-corrected chi connectivity index (χ2v) is 5.38. The molecule has 0 atom stereocenters. The third-order valence-corrected chi connectivity index (χ3v) is 4.12. The van der Waals surface area contributed by atoms with E-state index in [-0.39, 0.29) is 5.56 Å². The summed E-state index contributed by atoms with van der Waals surface area (Å²) < 4.78 is 1.84. The molecule has 1 aromatic carbocycles. The van der Waals surface area contributed by atoms with Crippen LogP contribution in [-0.2, 0) is 0 Å². The van der Waals surface area contributed by atoms with Crippen molar-refractivity contribution in [3.8, 4) is 0 Å². The van der Waals surface area contributed by atoms with E-state index in [0.717, 1.165) is 10.5 Å². The van der Waals surface area contributed by atoms with Crippen molar-refractivity contribution in [2.75, 3.05) is 0 Å². The molecule has 0 spiro atoms. The maximum atomic E-state index is 10.9. The minimum absolute atomic E-state index is 0.158. The van der Waals surface area contributed by atoms with Crippen LogP contribution in [0, 0.1) is 0 Å². The first-order valence-electron chi connectivity index (χ1n) is 5.65. The molecular formula is C13H8ClN3O2S. The molecule has 0 fully saturated rings. The van der Waals surface area contributed by atoms with Gasteiger partial charge in [-0.15, -0.1) is 10.2 Å². The highest BCUT2D eigenvalue weighted by Gasteiger charge is 2.11. The average molecular weight is 306 g/mol. The lowest BCUT2D eigenvalue weighted by Gasteiger charge is -2.03. The summed E-state index contributed by atoms with van der Waals surface area (Å²) in [6.45, 7) is 0. The number of pyridine rings is 1. The summed E-state index contributed by atoms with van der Waals surface area (Å²) in [5.41, 5.74) is 0.902. The molecular weight excluding hydrogens is 298 g/mol. The summed E-state index contributed by atoms with van der Waals surface area (Å²) in [5, 5.41) is 18.1. The molecule has 1 N–H and O–H groups in total. The van der Waals surface area contributed by atoms with E-state index in [9.17, 15) is 4.79 Å². The van der Waals surface area contributed by atoms with Crippen molar-refractivity contribution in [3.63, 3.8) is 0 Å². The number of hydrogen-bond donors (Lipinski definition) is 1. The fraction of sp³-hybridized carbons (Fsp3) is 0. The van der Waals surface area contributed by atoms with Crippen molar-refractivity contribution >= 4 is 35.0 Å². The van der Waals surface area contributed by atoms with Crippen molar-refractivity contribution in [2.45, 2.75) is 10.1 Å². The molecule has 0 aliphatic rings. The number of rotatable bonds is 3. The third kappa shape index (κ3) is 2.35. The number of aromatic nitrogens is 3. The van der Waals surface area contributed by atoms with Gasteiger partial charge in [0, 0.05) is 11.1 Å². The summed E-state index contributed by atoms with van der Waals surface area (Å²) in [6, 6.07) is 10.2. The number of carbonyl (C=O) groups is 1. The Labute approximate surface area is 123 Å². The molecule has 0 saturated carbocycles. The van der Waals surface area contributed by atoms with E-state index in [1.54, 1.807) is 6.07 Å². The van der Waals surface area contributed by atoms with Crippen molar-refractivity contribution < 1.29 is 9.90 Å². The first-order chi connectivity index (χ1) is 9.65. The molecule has 0 bridgehead atoms. The number of halogens is 1. The average Bonchev–Trinajstić information content (AvgIpc) is 2.84. The molecule has 3 rings (SSSR count). The molecule has 0 saturated heterocycles. The Morgan fingerprint density at radius 2 is 2.10 bits per heavy atom. The molecule has 20 heavy (non-hydrogen) atoms. The van der Waals surface area contributed by atoms with Gasteiger partial charge in [-0.2, -0.15) is 0 Å². The standard InChI is InChI=1S/C13H8ClN3O2S/c14-9-7-8(12(18)19)4-5-10(9)20-13-16-15-11-3-1-2-6-17(11)13/h1-7H,(H,18,19). The van der Waals surface area contributed by atoms with Crippen LogP contribution in [-0.4, -0.2) is 25.7 Å². The van der Waals surface area contributed by atoms with Crippen LogP contribution in [0.5, 0.6) is 0 Å². The smallest absolute Gasteiger partial charge is 0.335 e. The number of carboxylic acid groups (broad SMARTS) is 1. The van der Waals surface area contributed by atoms with Gasteiger partial charge in [0.2, 0.25) is 0 Å². The van der Waals surface area contributed by atoms with Crippen LogP contribution < -0.4 is 0 Å². The molecule has 0 aliphatic carbocycles. The topological polar surface area (TPSA) is 67.5 Å². The normalized spacial score (nSPS) is 10.8. The van der Waals surface area contributed by atoms with Gasteiger partial charge in [-0.25, -0.2) is 4.79 Å². The summed E-state index contributed by atoms with van der Waals surface area (Å²) in [7, 11) is 0. The van der Waals surface area contributed by atoms with Crippen molar-refractivity contribution in [3.05, 3.63) is 53.2 Å². The van der Waals surface area contributed by atoms with Gasteiger partial charge in [-0.3, -0.25) is 4.40 Å². The van der Waals surface area contributed by atoms with E-state index < -0.39 is 5.97 Å². The molecule has 0 unspecified atom stereocenters. The number of nitrogens with zero attached hydrogens (tertiary/aromatic N) is 3. The number of hydrogen-bond acceptors (Lipinski definition) is 4. The van der Waals surface area contributed by atoms with Gasteiger partial charge in [0.1, 0.15) is 0 Å². The molecule has 0 radical (unpaired) electrons. The van der Waals surface area contributed by atoms with Gasteiger partial charge >= 0.3 is 5.97 Å². The van der Waals surface area contributed by atoms with Gasteiger partial charge in [-0.05, 0) is 42.1 Å². The van der Waals surface area contributed by atoms with Crippen LogP contribution in [0.25, 0.3) is 5.65 Å². The molecule has 0 aliphatic heterocycles. The van der Waals surface area contributed by atoms with Crippen LogP contribution in [0.15, 0.2) is 52.6 Å². The predicted molar refractivity (Wildman–Crippen MR) is 75.5 cm³/mol. The Balaban J connectivity index is 1.97. The second kappa shape index (κ2) is 5.15. The third-order valence-electron chi connectivity index (χ3n) is 2.66. The van der Waals surface area contributed by atoms with Crippen molar-refractivity contribution in [2.24, 2.45) is 0 Å². The van der Waals surface area contributed by atoms with Gasteiger partial charge < -0.3 is 5.11 Å². The van der Waals surface area contributed by atoms with Crippen LogP contribution in [0.2, 0.25) is 5.02 Å². The lowest BCUT2D eigenvalue weighted by Crippen LogP contribution is -1.95. The first kappa shape index (κ1) is 13.0.